The molecule has 0 aliphatic rings. The molecule has 0 aromatic rings. The third kappa shape index (κ3) is 3.91. The Morgan fingerprint density at radius 1 is 1.55 bits per heavy atom. The number of rotatable bonds is 4. The molecule has 0 aliphatic heterocycles. The normalized spacial score (nSPS) is 8.36. The monoisotopic (exact) mass is 154 g/mol. The molecular weight excluding hydrogens is 144 g/mol. The minimum atomic E-state index is -0.616. The average molecular weight is 154 g/mol. The number of amides is 2. The SMILES string of the molecule is C=CC(=O)NCC(=C)C(N)=O. The van der Waals surface area contributed by atoms with Gasteiger partial charge in [0.05, 0.1) is 0 Å². The Hall–Kier alpha value is -1.58. The molecule has 2 amide bonds. The van der Waals surface area contributed by atoms with Crippen molar-refractivity contribution in [2.24, 2.45) is 5.73 Å². The number of carbonyl (C=O) groups is 2. The minimum absolute atomic E-state index is 0.0696. The number of hydrogen-bond donors (Lipinski definition) is 2. The van der Waals surface area contributed by atoms with Crippen molar-refractivity contribution in [2.45, 2.75) is 0 Å². The zero-order chi connectivity index (χ0) is 8.85. The number of nitrogens with one attached hydrogen (secondary N) is 1. The van der Waals surface area contributed by atoms with Gasteiger partial charge in [0.15, 0.2) is 0 Å². The number of primary amides is 1. The summed E-state index contributed by atoms with van der Waals surface area (Å²) in [5, 5.41) is 2.36. The molecule has 0 heterocycles. The van der Waals surface area contributed by atoms with Crippen LogP contribution in [0.3, 0.4) is 0 Å². The average Bonchev–Trinajstić information content (AvgIpc) is 1.99. The fourth-order valence-corrected chi connectivity index (χ4v) is 0.353. The molecule has 0 aliphatic carbocycles. The molecule has 0 aromatic heterocycles. The Morgan fingerprint density at radius 2 is 2.09 bits per heavy atom. The van der Waals surface area contributed by atoms with Crippen molar-refractivity contribution in [1.29, 1.82) is 0 Å². The van der Waals surface area contributed by atoms with Crippen LogP contribution in [0.25, 0.3) is 0 Å². The van der Waals surface area contributed by atoms with Crippen LogP contribution in [0.5, 0.6) is 0 Å². The van der Waals surface area contributed by atoms with E-state index in [1.807, 2.05) is 0 Å². The van der Waals surface area contributed by atoms with Gasteiger partial charge >= 0.3 is 0 Å². The van der Waals surface area contributed by atoms with E-state index in [9.17, 15) is 9.59 Å². The topological polar surface area (TPSA) is 72.2 Å². The zero-order valence-corrected chi connectivity index (χ0v) is 6.09. The molecule has 3 N–H and O–H groups in total. The Labute approximate surface area is 64.8 Å². The maximum Gasteiger partial charge on any atom is 0.245 e. The van der Waals surface area contributed by atoms with Crippen molar-refractivity contribution in [2.75, 3.05) is 6.54 Å². The summed E-state index contributed by atoms with van der Waals surface area (Å²) in [5.74, 6) is -0.971. The van der Waals surface area contributed by atoms with Gasteiger partial charge in [-0.25, -0.2) is 0 Å². The van der Waals surface area contributed by atoms with E-state index in [2.05, 4.69) is 18.5 Å². The van der Waals surface area contributed by atoms with Gasteiger partial charge in [0, 0.05) is 12.1 Å². The van der Waals surface area contributed by atoms with Gasteiger partial charge in [-0.2, -0.15) is 0 Å². The Bertz CT molecular complexity index is 208. The van der Waals surface area contributed by atoms with Crippen LogP contribution in [0, 0.1) is 0 Å². The van der Waals surface area contributed by atoms with Crippen molar-refractivity contribution in [3.05, 3.63) is 24.8 Å². The van der Waals surface area contributed by atoms with Crippen LogP contribution in [0.15, 0.2) is 24.8 Å². The number of hydrogen-bond acceptors (Lipinski definition) is 2. The largest absolute Gasteiger partial charge is 0.366 e. The lowest BCUT2D eigenvalue weighted by atomic mass is 10.3. The molecule has 0 saturated heterocycles. The lowest BCUT2D eigenvalue weighted by Crippen LogP contribution is -2.28. The van der Waals surface area contributed by atoms with Gasteiger partial charge in [0.1, 0.15) is 0 Å². The van der Waals surface area contributed by atoms with Gasteiger partial charge in [0.2, 0.25) is 11.8 Å². The van der Waals surface area contributed by atoms with E-state index >= 15 is 0 Å². The Morgan fingerprint density at radius 3 is 2.45 bits per heavy atom. The standard InChI is InChI=1S/C7H10N2O2/c1-3-6(10)9-4-5(2)7(8)11/h3H,1-2,4H2,(H2,8,11)(H,9,10). The van der Waals surface area contributed by atoms with Crippen molar-refractivity contribution in [3.8, 4) is 0 Å². The number of nitrogens with two attached hydrogens (primary N) is 1. The molecule has 0 spiro atoms. The van der Waals surface area contributed by atoms with Crippen LogP contribution in [0.2, 0.25) is 0 Å². The van der Waals surface area contributed by atoms with E-state index < -0.39 is 5.91 Å². The molecule has 0 unspecified atom stereocenters. The lowest BCUT2D eigenvalue weighted by molar-refractivity contribution is -0.116. The van der Waals surface area contributed by atoms with Gasteiger partial charge in [-0.3, -0.25) is 9.59 Å². The van der Waals surface area contributed by atoms with Crippen molar-refractivity contribution >= 4 is 11.8 Å². The highest BCUT2D eigenvalue weighted by Gasteiger charge is 2.01. The molecule has 0 rings (SSSR count). The van der Waals surface area contributed by atoms with Crippen LogP contribution in [-0.4, -0.2) is 18.4 Å². The second-order valence-corrected chi connectivity index (χ2v) is 1.89. The first-order valence-corrected chi connectivity index (χ1v) is 2.95. The van der Waals surface area contributed by atoms with Gasteiger partial charge in [-0.15, -0.1) is 0 Å². The van der Waals surface area contributed by atoms with E-state index in [1.54, 1.807) is 0 Å². The van der Waals surface area contributed by atoms with Crippen LogP contribution < -0.4 is 11.1 Å². The molecule has 60 valence electrons. The van der Waals surface area contributed by atoms with Gasteiger partial charge < -0.3 is 11.1 Å². The summed E-state index contributed by atoms with van der Waals surface area (Å²) in [5.41, 5.74) is 5.01. The summed E-state index contributed by atoms with van der Waals surface area (Å²) in [6.07, 6.45) is 1.11. The Kier molecular flexibility index (Phi) is 3.66. The second-order valence-electron chi connectivity index (χ2n) is 1.89. The fourth-order valence-electron chi connectivity index (χ4n) is 0.353. The molecule has 0 saturated carbocycles. The third-order valence-corrected chi connectivity index (χ3v) is 1.01. The molecule has 0 atom stereocenters. The highest BCUT2D eigenvalue weighted by molar-refractivity contribution is 5.93. The predicted molar refractivity (Wildman–Crippen MR) is 41.5 cm³/mol. The summed E-state index contributed by atoms with van der Waals surface area (Å²) in [7, 11) is 0. The first-order valence-electron chi connectivity index (χ1n) is 2.95. The first-order chi connectivity index (χ1) is 5.07. The summed E-state index contributed by atoms with van der Waals surface area (Å²) in [6, 6.07) is 0. The molecule has 0 fully saturated rings. The molecule has 4 heteroatoms. The van der Waals surface area contributed by atoms with Crippen molar-refractivity contribution in [3.63, 3.8) is 0 Å². The van der Waals surface area contributed by atoms with Crippen LogP contribution in [0.4, 0.5) is 0 Å². The Balaban J connectivity index is 3.71. The van der Waals surface area contributed by atoms with Crippen LogP contribution >= 0.6 is 0 Å². The fraction of sp³-hybridized carbons (Fsp3) is 0.143. The molecule has 0 radical (unpaired) electrons. The van der Waals surface area contributed by atoms with Crippen LogP contribution in [-0.2, 0) is 9.59 Å². The van der Waals surface area contributed by atoms with E-state index in [-0.39, 0.29) is 18.0 Å². The maximum atomic E-state index is 10.5. The molecule has 11 heavy (non-hydrogen) atoms. The zero-order valence-electron chi connectivity index (χ0n) is 6.09. The predicted octanol–water partition coefficient (Wildman–Crippen LogP) is -0.670. The van der Waals surface area contributed by atoms with E-state index in [1.165, 1.54) is 0 Å². The molecule has 0 aromatic carbocycles. The summed E-state index contributed by atoms with van der Waals surface area (Å²) >= 11 is 0. The van der Waals surface area contributed by atoms with Gasteiger partial charge in [-0.05, 0) is 6.08 Å². The molecule has 4 nitrogen and oxygen atoms in total. The summed E-state index contributed by atoms with van der Waals surface area (Å²) in [6.45, 7) is 6.63. The quantitative estimate of drug-likeness (QED) is 0.527. The maximum absolute atomic E-state index is 10.5. The third-order valence-electron chi connectivity index (χ3n) is 1.01. The smallest absolute Gasteiger partial charge is 0.245 e. The van der Waals surface area contributed by atoms with Gasteiger partial charge in [0.25, 0.3) is 0 Å². The highest BCUT2D eigenvalue weighted by atomic mass is 16.2. The molecule has 0 bridgehead atoms. The highest BCUT2D eigenvalue weighted by Crippen LogP contribution is 1.83. The summed E-state index contributed by atoms with van der Waals surface area (Å²) < 4.78 is 0. The summed E-state index contributed by atoms with van der Waals surface area (Å²) in [4.78, 5) is 20.9. The molecular formula is C7H10N2O2. The van der Waals surface area contributed by atoms with Crippen LogP contribution in [0.1, 0.15) is 0 Å². The first kappa shape index (κ1) is 9.42. The minimum Gasteiger partial charge on any atom is -0.366 e. The van der Waals surface area contributed by atoms with E-state index in [4.69, 9.17) is 5.73 Å². The van der Waals surface area contributed by atoms with E-state index in [0.717, 1.165) is 6.08 Å². The van der Waals surface area contributed by atoms with Crippen molar-refractivity contribution in [1.82, 2.24) is 5.32 Å². The second kappa shape index (κ2) is 4.27. The lowest BCUT2D eigenvalue weighted by Gasteiger charge is -2.00. The number of carbonyl (C=O) groups excluding carboxylic acids is 2. The van der Waals surface area contributed by atoms with Gasteiger partial charge in [-0.1, -0.05) is 13.2 Å². The van der Waals surface area contributed by atoms with E-state index in [0.29, 0.717) is 0 Å². The van der Waals surface area contributed by atoms with Crippen molar-refractivity contribution < 1.29 is 9.59 Å².